The van der Waals surface area contributed by atoms with Crippen molar-refractivity contribution in [3.63, 3.8) is 0 Å². The van der Waals surface area contributed by atoms with Gasteiger partial charge < -0.3 is 9.47 Å². The van der Waals surface area contributed by atoms with Crippen LogP contribution in [0.3, 0.4) is 0 Å². The molecule has 11 heteroatoms. The Labute approximate surface area is 201 Å². The third kappa shape index (κ3) is 5.07. The fraction of sp³-hybridized carbons (Fsp3) is 0.100. The summed E-state index contributed by atoms with van der Waals surface area (Å²) < 4.78 is 10.7. The molecule has 0 saturated carbocycles. The SMILES string of the molecule is COC(=O)COc1ccc(Br)cc1/C=C1\C(=O)NC(=S)N(c2cccc(Cl)c2Cl)C1=O. The summed E-state index contributed by atoms with van der Waals surface area (Å²) in [7, 11) is 1.24. The Morgan fingerprint density at radius 2 is 2.00 bits per heavy atom. The molecule has 0 atom stereocenters. The molecular formula is C20H13BrCl2N2O5S. The minimum absolute atomic E-state index is 0.111. The van der Waals surface area contributed by atoms with Crippen LogP contribution in [0.5, 0.6) is 5.75 Å². The molecule has 160 valence electrons. The van der Waals surface area contributed by atoms with Gasteiger partial charge in [0.25, 0.3) is 11.8 Å². The second-order valence-corrected chi connectivity index (χ2v) is 8.17. The average molecular weight is 544 g/mol. The largest absolute Gasteiger partial charge is 0.481 e. The van der Waals surface area contributed by atoms with E-state index in [1.165, 1.54) is 13.2 Å². The lowest BCUT2D eigenvalue weighted by Crippen LogP contribution is -2.54. The second-order valence-electron chi connectivity index (χ2n) is 6.08. The molecular weight excluding hydrogens is 531 g/mol. The van der Waals surface area contributed by atoms with Crippen LogP contribution < -0.4 is 15.0 Å². The lowest BCUT2D eigenvalue weighted by molar-refractivity contribution is -0.143. The average Bonchev–Trinajstić information content (AvgIpc) is 2.73. The molecule has 0 aliphatic carbocycles. The molecule has 1 aliphatic rings. The molecule has 0 bridgehead atoms. The minimum Gasteiger partial charge on any atom is -0.481 e. The summed E-state index contributed by atoms with van der Waals surface area (Å²) in [4.78, 5) is 38.3. The molecule has 0 unspecified atom stereocenters. The van der Waals surface area contributed by atoms with Crippen LogP contribution in [0.4, 0.5) is 5.69 Å². The van der Waals surface area contributed by atoms with E-state index in [0.29, 0.717) is 10.0 Å². The molecule has 1 aliphatic heterocycles. The van der Waals surface area contributed by atoms with Crippen LogP contribution in [0.1, 0.15) is 5.56 Å². The van der Waals surface area contributed by atoms with Crippen LogP contribution in [0, 0.1) is 0 Å². The van der Waals surface area contributed by atoms with E-state index in [4.69, 9.17) is 40.2 Å². The Balaban J connectivity index is 2.03. The van der Waals surface area contributed by atoms with Gasteiger partial charge in [0.05, 0.1) is 22.8 Å². The van der Waals surface area contributed by atoms with E-state index in [0.717, 1.165) is 4.90 Å². The molecule has 1 N–H and O–H groups in total. The highest BCUT2D eigenvalue weighted by Crippen LogP contribution is 2.35. The smallest absolute Gasteiger partial charge is 0.343 e. The number of anilines is 1. The number of thiocarbonyl (C=S) groups is 1. The number of hydrogen-bond donors (Lipinski definition) is 1. The van der Waals surface area contributed by atoms with Crippen molar-refractivity contribution in [2.75, 3.05) is 18.6 Å². The molecule has 0 spiro atoms. The van der Waals surface area contributed by atoms with Gasteiger partial charge in [-0.2, -0.15) is 0 Å². The standard InChI is InChI=1S/C20H13BrCl2N2O5S/c1-29-16(26)9-30-15-6-5-11(21)7-10(15)8-12-18(27)24-20(31)25(19(12)28)14-4-2-3-13(22)17(14)23/h2-8H,9H2,1H3,(H,24,27,31)/b12-8+. The summed E-state index contributed by atoms with van der Waals surface area (Å²) in [5, 5.41) is 2.67. The van der Waals surface area contributed by atoms with Crippen molar-refractivity contribution in [3.8, 4) is 5.75 Å². The van der Waals surface area contributed by atoms with Gasteiger partial charge in [-0.3, -0.25) is 19.8 Å². The highest BCUT2D eigenvalue weighted by Gasteiger charge is 2.36. The quantitative estimate of drug-likeness (QED) is 0.264. The third-order valence-electron chi connectivity index (χ3n) is 4.12. The number of carbonyl (C=O) groups is 3. The van der Waals surface area contributed by atoms with Gasteiger partial charge in [-0.1, -0.05) is 45.2 Å². The number of amides is 2. The summed E-state index contributed by atoms with van der Waals surface area (Å²) in [6.45, 7) is -0.344. The van der Waals surface area contributed by atoms with Crippen molar-refractivity contribution in [2.45, 2.75) is 0 Å². The van der Waals surface area contributed by atoms with Gasteiger partial charge in [0.1, 0.15) is 11.3 Å². The molecule has 7 nitrogen and oxygen atoms in total. The molecule has 2 aromatic carbocycles. The third-order valence-corrected chi connectivity index (χ3v) is 5.71. The predicted molar refractivity (Wildman–Crippen MR) is 124 cm³/mol. The first kappa shape index (κ1) is 23.2. The Bertz CT molecular complexity index is 1140. The zero-order valence-corrected chi connectivity index (χ0v) is 19.7. The second kappa shape index (κ2) is 9.78. The first-order valence-corrected chi connectivity index (χ1v) is 10.5. The molecule has 31 heavy (non-hydrogen) atoms. The number of methoxy groups -OCH3 is 1. The van der Waals surface area contributed by atoms with Gasteiger partial charge in [-0.05, 0) is 48.6 Å². The van der Waals surface area contributed by atoms with E-state index in [1.54, 1.807) is 36.4 Å². The maximum absolute atomic E-state index is 13.2. The topological polar surface area (TPSA) is 84.9 Å². The molecule has 0 aromatic heterocycles. The maximum Gasteiger partial charge on any atom is 0.343 e. The Morgan fingerprint density at radius 1 is 1.26 bits per heavy atom. The van der Waals surface area contributed by atoms with Crippen molar-refractivity contribution in [1.29, 1.82) is 0 Å². The zero-order valence-electron chi connectivity index (χ0n) is 15.8. The van der Waals surface area contributed by atoms with Crippen molar-refractivity contribution in [1.82, 2.24) is 5.32 Å². The van der Waals surface area contributed by atoms with Crippen LogP contribution in [0.2, 0.25) is 10.0 Å². The fourth-order valence-corrected chi connectivity index (χ4v) is 3.69. The van der Waals surface area contributed by atoms with Crippen LogP contribution >= 0.6 is 51.3 Å². The normalized spacial score (nSPS) is 15.2. The summed E-state index contributed by atoms with van der Waals surface area (Å²) in [5.41, 5.74) is 0.388. The number of nitrogens with one attached hydrogen (secondary N) is 1. The number of nitrogens with zero attached hydrogens (tertiary/aromatic N) is 1. The maximum atomic E-state index is 13.2. The van der Waals surface area contributed by atoms with Gasteiger partial charge in [-0.15, -0.1) is 0 Å². The molecule has 1 saturated heterocycles. The van der Waals surface area contributed by atoms with Gasteiger partial charge in [0.2, 0.25) is 0 Å². The highest BCUT2D eigenvalue weighted by molar-refractivity contribution is 9.10. The van der Waals surface area contributed by atoms with Crippen molar-refractivity contribution >= 4 is 86.0 Å². The molecule has 2 aromatic rings. The molecule has 1 heterocycles. The van der Waals surface area contributed by atoms with E-state index in [1.807, 2.05) is 0 Å². The van der Waals surface area contributed by atoms with Gasteiger partial charge in [0, 0.05) is 10.0 Å². The summed E-state index contributed by atoms with van der Waals surface area (Å²) in [6, 6.07) is 9.62. The lowest BCUT2D eigenvalue weighted by atomic mass is 10.1. The van der Waals surface area contributed by atoms with Gasteiger partial charge >= 0.3 is 5.97 Å². The monoisotopic (exact) mass is 542 g/mol. The van der Waals surface area contributed by atoms with E-state index in [9.17, 15) is 14.4 Å². The minimum atomic E-state index is -0.697. The van der Waals surface area contributed by atoms with E-state index in [-0.39, 0.29) is 38.8 Å². The number of benzene rings is 2. The Morgan fingerprint density at radius 3 is 2.71 bits per heavy atom. The van der Waals surface area contributed by atoms with E-state index < -0.39 is 17.8 Å². The predicted octanol–water partition coefficient (Wildman–Crippen LogP) is 4.14. The summed E-state index contributed by atoms with van der Waals surface area (Å²) in [5.74, 6) is -1.71. The Hall–Kier alpha value is -2.46. The van der Waals surface area contributed by atoms with Crippen molar-refractivity contribution in [3.05, 3.63) is 62.1 Å². The Kier molecular flexibility index (Phi) is 7.32. The number of hydrogen-bond acceptors (Lipinski definition) is 6. The number of carbonyl (C=O) groups excluding carboxylic acids is 3. The lowest BCUT2D eigenvalue weighted by Gasteiger charge is -2.29. The van der Waals surface area contributed by atoms with E-state index in [2.05, 4.69) is 26.0 Å². The molecule has 2 amide bonds. The number of rotatable bonds is 5. The van der Waals surface area contributed by atoms with Crippen molar-refractivity contribution in [2.24, 2.45) is 0 Å². The molecule has 0 radical (unpaired) electrons. The molecule has 1 fully saturated rings. The number of esters is 1. The highest BCUT2D eigenvalue weighted by atomic mass is 79.9. The zero-order chi connectivity index (χ0) is 22.7. The summed E-state index contributed by atoms with van der Waals surface area (Å²) >= 11 is 20.8. The van der Waals surface area contributed by atoms with Crippen LogP contribution in [-0.4, -0.2) is 36.6 Å². The number of ether oxygens (including phenoxy) is 2. The first-order chi connectivity index (χ1) is 14.7. The van der Waals surface area contributed by atoms with Crippen LogP contribution in [0.25, 0.3) is 6.08 Å². The van der Waals surface area contributed by atoms with Crippen molar-refractivity contribution < 1.29 is 23.9 Å². The fourth-order valence-electron chi connectivity index (χ4n) is 2.66. The van der Waals surface area contributed by atoms with E-state index >= 15 is 0 Å². The summed E-state index contributed by atoms with van der Waals surface area (Å²) in [6.07, 6.45) is 1.34. The van der Waals surface area contributed by atoms with Gasteiger partial charge in [0.15, 0.2) is 11.7 Å². The van der Waals surface area contributed by atoms with Gasteiger partial charge in [-0.25, -0.2) is 4.79 Å². The first-order valence-electron chi connectivity index (χ1n) is 8.57. The molecule has 3 rings (SSSR count). The van der Waals surface area contributed by atoms with Crippen LogP contribution in [0.15, 0.2) is 46.4 Å². The number of halogens is 3. The van der Waals surface area contributed by atoms with Crippen LogP contribution in [-0.2, 0) is 19.1 Å².